The minimum absolute atomic E-state index is 0.0673. The maximum Gasteiger partial charge on any atom is 0.248 e. The highest BCUT2D eigenvalue weighted by Gasteiger charge is 2.28. The lowest BCUT2D eigenvalue weighted by molar-refractivity contribution is -0.111. The van der Waals surface area contributed by atoms with E-state index >= 15 is 0 Å². The number of fused-ring (bicyclic) bond motifs is 1. The van der Waals surface area contributed by atoms with Crippen molar-refractivity contribution in [3.63, 3.8) is 0 Å². The average molecular weight is 496 g/mol. The highest BCUT2D eigenvalue weighted by Crippen LogP contribution is 2.27. The van der Waals surface area contributed by atoms with E-state index in [2.05, 4.69) is 20.1 Å². The summed E-state index contributed by atoms with van der Waals surface area (Å²) in [6, 6.07) is 11.4. The number of nitrogens with zero attached hydrogens (tertiary/aromatic N) is 4. The molecule has 0 spiro atoms. The Balaban J connectivity index is 1.28. The number of carbonyl (C=O) groups excluding carboxylic acids is 1. The van der Waals surface area contributed by atoms with E-state index in [9.17, 15) is 17.6 Å². The summed E-state index contributed by atoms with van der Waals surface area (Å²) in [6.07, 6.45) is 7.66. The first-order valence-electron chi connectivity index (χ1n) is 11.7. The summed E-state index contributed by atoms with van der Waals surface area (Å²) < 4.78 is 42.1. The molecule has 0 radical (unpaired) electrons. The van der Waals surface area contributed by atoms with Crippen molar-refractivity contribution >= 4 is 33.4 Å². The molecule has 3 aromatic rings. The second-order valence-electron chi connectivity index (χ2n) is 8.75. The third-order valence-corrected chi connectivity index (χ3v) is 8.17. The largest absolute Gasteiger partial charge is 0.320 e. The molecule has 0 saturated carbocycles. The second-order valence-corrected chi connectivity index (χ2v) is 10.8. The smallest absolute Gasteiger partial charge is 0.248 e. The normalized spacial score (nSPS) is 17.3. The summed E-state index contributed by atoms with van der Waals surface area (Å²) in [4.78, 5) is 12.5. The Kier molecular flexibility index (Phi) is 6.38. The van der Waals surface area contributed by atoms with Crippen LogP contribution in [0.3, 0.4) is 0 Å². The van der Waals surface area contributed by atoms with Gasteiger partial charge in [0.15, 0.2) is 5.82 Å². The van der Waals surface area contributed by atoms with Crippen molar-refractivity contribution in [1.82, 2.24) is 14.8 Å². The molecule has 3 heterocycles. The molecule has 182 valence electrons. The molecule has 0 aliphatic carbocycles. The van der Waals surface area contributed by atoms with Crippen molar-refractivity contribution in [2.45, 2.75) is 38.6 Å². The topological polar surface area (TPSA) is 97.2 Å². The number of aryl methyl sites for hydroxylation is 1. The Hall–Kier alpha value is -3.53. The molecule has 2 aliphatic heterocycles. The van der Waals surface area contributed by atoms with Gasteiger partial charge in [-0.1, -0.05) is 18.6 Å². The number of halogens is 1. The van der Waals surface area contributed by atoms with Crippen LogP contribution in [-0.4, -0.2) is 41.4 Å². The van der Waals surface area contributed by atoms with Crippen molar-refractivity contribution in [2.75, 3.05) is 21.9 Å². The molecule has 35 heavy (non-hydrogen) atoms. The molecule has 10 heteroatoms. The molecule has 0 atom stereocenters. The van der Waals surface area contributed by atoms with Crippen molar-refractivity contribution in [3.8, 4) is 11.4 Å². The van der Waals surface area contributed by atoms with E-state index in [-0.39, 0.29) is 11.4 Å². The predicted molar refractivity (Wildman–Crippen MR) is 133 cm³/mol. The van der Waals surface area contributed by atoms with Gasteiger partial charge in [0.05, 0.1) is 17.1 Å². The van der Waals surface area contributed by atoms with Crippen LogP contribution in [0.2, 0.25) is 0 Å². The number of rotatable bonds is 5. The predicted octanol–water partition coefficient (Wildman–Crippen LogP) is 4.00. The van der Waals surface area contributed by atoms with Gasteiger partial charge in [-0.2, -0.15) is 0 Å². The quantitative estimate of drug-likeness (QED) is 0.540. The van der Waals surface area contributed by atoms with E-state index in [1.165, 1.54) is 16.4 Å². The molecular weight excluding hydrogens is 469 g/mol. The van der Waals surface area contributed by atoms with Gasteiger partial charge in [0.25, 0.3) is 0 Å². The van der Waals surface area contributed by atoms with Gasteiger partial charge in [-0.15, -0.1) is 10.2 Å². The lowest BCUT2D eigenvalue weighted by Gasteiger charge is -2.16. The van der Waals surface area contributed by atoms with Gasteiger partial charge in [0, 0.05) is 31.1 Å². The van der Waals surface area contributed by atoms with Gasteiger partial charge in [0.2, 0.25) is 15.9 Å². The standard InChI is InChI=1S/C25H26FN5O3S/c26-21-12-9-19(25-29-28-23-5-2-1-3-14-30(23)25)17-22(21)27-24(32)13-8-18-6-10-20(11-7-18)31-15-4-16-35(31,33)34/h6-13,17H,1-5,14-16H2,(H,27,32)/b13-8+. The Morgan fingerprint density at radius 3 is 2.60 bits per heavy atom. The number of amides is 1. The molecule has 2 aromatic carbocycles. The van der Waals surface area contributed by atoms with Crippen LogP contribution in [0.5, 0.6) is 0 Å². The van der Waals surface area contributed by atoms with Crippen LogP contribution in [0.4, 0.5) is 15.8 Å². The number of carbonyl (C=O) groups is 1. The molecule has 1 fully saturated rings. The molecular formula is C25H26FN5O3S. The molecule has 0 bridgehead atoms. The summed E-state index contributed by atoms with van der Waals surface area (Å²) in [5.74, 6) is 0.748. The summed E-state index contributed by atoms with van der Waals surface area (Å²) in [5, 5.41) is 11.2. The van der Waals surface area contributed by atoms with Crippen molar-refractivity contribution < 1.29 is 17.6 Å². The van der Waals surface area contributed by atoms with Crippen LogP contribution in [0.1, 0.15) is 37.1 Å². The highest BCUT2D eigenvalue weighted by molar-refractivity contribution is 7.93. The lowest BCUT2D eigenvalue weighted by Crippen LogP contribution is -2.24. The number of hydrogen-bond acceptors (Lipinski definition) is 5. The number of sulfonamides is 1. The first-order chi connectivity index (χ1) is 16.9. The summed E-state index contributed by atoms with van der Waals surface area (Å²) in [7, 11) is -3.24. The monoisotopic (exact) mass is 495 g/mol. The van der Waals surface area contributed by atoms with Crippen LogP contribution in [0.15, 0.2) is 48.5 Å². The molecule has 2 aliphatic rings. The van der Waals surface area contributed by atoms with E-state index in [0.29, 0.717) is 30.0 Å². The Morgan fingerprint density at radius 1 is 1.00 bits per heavy atom. The molecule has 8 nitrogen and oxygen atoms in total. The van der Waals surface area contributed by atoms with E-state index < -0.39 is 21.7 Å². The first-order valence-corrected chi connectivity index (χ1v) is 13.3. The van der Waals surface area contributed by atoms with Gasteiger partial charge in [0.1, 0.15) is 11.6 Å². The summed E-state index contributed by atoms with van der Waals surface area (Å²) >= 11 is 0. The molecule has 1 saturated heterocycles. The zero-order valence-electron chi connectivity index (χ0n) is 19.2. The Morgan fingerprint density at radius 2 is 1.83 bits per heavy atom. The molecule has 1 N–H and O–H groups in total. The maximum absolute atomic E-state index is 14.5. The van der Waals surface area contributed by atoms with Crippen molar-refractivity contribution in [1.29, 1.82) is 0 Å². The van der Waals surface area contributed by atoms with Gasteiger partial charge >= 0.3 is 0 Å². The minimum atomic E-state index is -3.24. The maximum atomic E-state index is 14.5. The van der Waals surface area contributed by atoms with Gasteiger partial charge < -0.3 is 9.88 Å². The van der Waals surface area contributed by atoms with Crippen LogP contribution < -0.4 is 9.62 Å². The van der Waals surface area contributed by atoms with E-state index in [0.717, 1.165) is 43.6 Å². The number of anilines is 2. The van der Waals surface area contributed by atoms with Crippen LogP contribution in [0, 0.1) is 5.82 Å². The number of aromatic nitrogens is 3. The zero-order chi connectivity index (χ0) is 24.4. The summed E-state index contributed by atoms with van der Waals surface area (Å²) in [6.45, 7) is 1.30. The zero-order valence-corrected chi connectivity index (χ0v) is 20.0. The fourth-order valence-electron chi connectivity index (χ4n) is 4.49. The van der Waals surface area contributed by atoms with Crippen molar-refractivity contribution in [3.05, 3.63) is 65.7 Å². The molecule has 5 rings (SSSR count). The SMILES string of the molecule is O=C(/C=C/c1ccc(N2CCCS2(=O)=O)cc1)Nc1cc(-c2nnc3n2CCCCC3)ccc1F. The number of hydrogen-bond donors (Lipinski definition) is 1. The number of benzene rings is 2. The lowest BCUT2D eigenvalue weighted by atomic mass is 10.1. The third kappa shape index (κ3) is 4.97. The highest BCUT2D eigenvalue weighted by atomic mass is 32.2. The van der Waals surface area contributed by atoms with E-state index in [4.69, 9.17) is 0 Å². The van der Waals surface area contributed by atoms with Gasteiger partial charge in [-0.3, -0.25) is 9.10 Å². The fourth-order valence-corrected chi connectivity index (χ4v) is 6.05. The van der Waals surface area contributed by atoms with Crippen molar-refractivity contribution in [2.24, 2.45) is 0 Å². The Bertz CT molecular complexity index is 1380. The minimum Gasteiger partial charge on any atom is -0.320 e. The van der Waals surface area contributed by atoms with Crippen LogP contribution >= 0.6 is 0 Å². The third-order valence-electron chi connectivity index (χ3n) is 6.30. The average Bonchev–Trinajstić information content (AvgIpc) is 3.33. The van der Waals surface area contributed by atoms with Gasteiger partial charge in [-0.05, 0) is 61.2 Å². The van der Waals surface area contributed by atoms with E-state index in [1.54, 1.807) is 42.5 Å². The summed E-state index contributed by atoms with van der Waals surface area (Å²) in [5.41, 5.74) is 2.09. The van der Waals surface area contributed by atoms with Gasteiger partial charge in [-0.25, -0.2) is 12.8 Å². The fraction of sp³-hybridized carbons (Fsp3) is 0.320. The molecule has 1 aromatic heterocycles. The number of nitrogens with one attached hydrogen (secondary N) is 1. The molecule has 0 unspecified atom stereocenters. The van der Waals surface area contributed by atoms with E-state index in [1.807, 2.05) is 0 Å². The second kappa shape index (κ2) is 9.61. The van der Waals surface area contributed by atoms with Crippen LogP contribution in [0.25, 0.3) is 17.5 Å². The molecule has 1 amide bonds. The Labute approximate surface area is 203 Å². The first kappa shape index (κ1) is 23.2. The van der Waals surface area contributed by atoms with Crippen LogP contribution in [-0.2, 0) is 27.8 Å².